The number of rotatable bonds is 3. The number of para-hydroxylation sites is 1. The quantitative estimate of drug-likeness (QED) is 0.764. The number of benzene rings is 1. The number of piperazine rings is 1. The van der Waals surface area contributed by atoms with Crippen molar-refractivity contribution >= 4 is 38.7 Å². The molecule has 2 aliphatic rings. The SMILES string of the molecule is CCOC(=O)N1CCN(C(=O)C2CCCN(c3nc4c(F)cccc4s3)C2)CC1. The third-order valence-electron chi connectivity index (χ3n) is 5.52. The van der Waals surface area contributed by atoms with Crippen LogP contribution in [0, 0.1) is 11.7 Å². The first-order valence-corrected chi connectivity index (χ1v) is 10.9. The molecule has 29 heavy (non-hydrogen) atoms. The number of thiazole rings is 1. The van der Waals surface area contributed by atoms with Gasteiger partial charge in [-0.3, -0.25) is 4.79 Å². The van der Waals surface area contributed by atoms with Crippen LogP contribution in [0.3, 0.4) is 0 Å². The molecule has 0 aliphatic carbocycles. The summed E-state index contributed by atoms with van der Waals surface area (Å²) >= 11 is 1.47. The number of halogens is 1. The molecule has 3 heterocycles. The number of nitrogens with zero attached hydrogens (tertiary/aromatic N) is 4. The van der Waals surface area contributed by atoms with Crippen LogP contribution in [0.15, 0.2) is 18.2 Å². The van der Waals surface area contributed by atoms with E-state index in [1.807, 2.05) is 11.0 Å². The van der Waals surface area contributed by atoms with Crippen molar-refractivity contribution < 1.29 is 18.7 Å². The van der Waals surface area contributed by atoms with E-state index in [-0.39, 0.29) is 23.7 Å². The van der Waals surface area contributed by atoms with Crippen LogP contribution in [0.1, 0.15) is 19.8 Å². The lowest BCUT2D eigenvalue weighted by Crippen LogP contribution is -2.53. The van der Waals surface area contributed by atoms with Crippen LogP contribution < -0.4 is 4.90 Å². The molecular formula is C20H25FN4O3S. The third kappa shape index (κ3) is 4.14. The summed E-state index contributed by atoms with van der Waals surface area (Å²) in [5.41, 5.74) is 0.399. The molecule has 9 heteroatoms. The summed E-state index contributed by atoms with van der Waals surface area (Å²) in [5.74, 6) is -0.283. The second kappa shape index (κ2) is 8.52. The third-order valence-corrected chi connectivity index (χ3v) is 6.60. The van der Waals surface area contributed by atoms with Crippen molar-refractivity contribution in [3.8, 4) is 0 Å². The number of aromatic nitrogens is 1. The van der Waals surface area contributed by atoms with Crippen molar-refractivity contribution in [1.82, 2.24) is 14.8 Å². The maximum atomic E-state index is 14.0. The highest BCUT2D eigenvalue weighted by Gasteiger charge is 2.33. The lowest BCUT2D eigenvalue weighted by Gasteiger charge is -2.38. The van der Waals surface area contributed by atoms with E-state index in [1.54, 1.807) is 17.9 Å². The van der Waals surface area contributed by atoms with Crippen molar-refractivity contribution in [2.45, 2.75) is 19.8 Å². The summed E-state index contributed by atoms with van der Waals surface area (Å²) in [6.07, 6.45) is 1.43. The van der Waals surface area contributed by atoms with Crippen LogP contribution in [-0.2, 0) is 9.53 Å². The maximum absolute atomic E-state index is 14.0. The number of hydrogen-bond donors (Lipinski definition) is 0. The minimum Gasteiger partial charge on any atom is -0.450 e. The Morgan fingerprint density at radius 1 is 1.21 bits per heavy atom. The van der Waals surface area contributed by atoms with Crippen LogP contribution >= 0.6 is 11.3 Å². The van der Waals surface area contributed by atoms with Crippen LogP contribution in [0.4, 0.5) is 14.3 Å². The Morgan fingerprint density at radius 3 is 2.69 bits per heavy atom. The topological polar surface area (TPSA) is 66.0 Å². The molecule has 1 atom stereocenters. The summed E-state index contributed by atoms with van der Waals surface area (Å²) < 4.78 is 19.8. The fourth-order valence-corrected chi connectivity index (χ4v) is 4.99. The molecule has 2 aromatic rings. The summed E-state index contributed by atoms with van der Waals surface area (Å²) in [6.45, 7) is 5.61. The van der Waals surface area contributed by atoms with Gasteiger partial charge in [-0.05, 0) is 31.9 Å². The molecule has 1 aromatic carbocycles. The van der Waals surface area contributed by atoms with Crippen molar-refractivity contribution in [3.05, 3.63) is 24.0 Å². The lowest BCUT2D eigenvalue weighted by atomic mass is 9.96. The molecule has 2 amide bonds. The average Bonchev–Trinajstić information content (AvgIpc) is 3.19. The van der Waals surface area contributed by atoms with Gasteiger partial charge in [-0.1, -0.05) is 17.4 Å². The fraction of sp³-hybridized carbons (Fsp3) is 0.550. The maximum Gasteiger partial charge on any atom is 0.409 e. The Bertz CT molecular complexity index is 897. The molecule has 7 nitrogen and oxygen atoms in total. The van der Waals surface area contributed by atoms with E-state index in [9.17, 15) is 14.0 Å². The molecule has 2 aliphatic heterocycles. The fourth-order valence-electron chi connectivity index (χ4n) is 3.97. The monoisotopic (exact) mass is 420 g/mol. The predicted molar refractivity (Wildman–Crippen MR) is 110 cm³/mol. The molecule has 2 saturated heterocycles. The number of carbonyl (C=O) groups excluding carboxylic acids is 2. The van der Waals surface area contributed by atoms with Gasteiger partial charge in [0, 0.05) is 39.3 Å². The van der Waals surface area contributed by atoms with E-state index in [1.165, 1.54) is 17.4 Å². The Labute approximate surface area is 173 Å². The standard InChI is InChI=1S/C20H25FN4O3S/c1-2-28-20(27)24-11-9-23(10-12-24)18(26)14-5-4-8-25(13-14)19-22-17-15(21)6-3-7-16(17)29-19/h3,6-7,14H,2,4-5,8-13H2,1H3. The normalized spacial score (nSPS) is 20.2. The number of hydrogen-bond acceptors (Lipinski definition) is 6. The van der Waals surface area contributed by atoms with Gasteiger partial charge in [0.1, 0.15) is 11.3 Å². The predicted octanol–water partition coefficient (Wildman–Crippen LogP) is 2.95. The van der Waals surface area contributed by atoms with Gasteiger partial charge in [0.05, 0.1) is 17.2 Å². The largest absolute Gasteiger partial charge is 0.450 e. The molecule has 0 spiro atoms. The number of amides is 2. The molecule has 0 bridgehead atoms. The first-order chi connectivity index (χ1) is 14.1. The van der Waals surface area contributed by atoms with Gasteiger partial charge in [-0.15, -0.1) is 0 Å². The van der Waals surface area contributed by atoms with Crippen LogP contribution in [0.5, 0.6) is 0 Å². The molecular weight excluding hydrogens is 395 g/mol. The smallest absolute Gasteiger partial charge is 0.409 e. The number of anilines is 1. The number of piperidine rings is 1. The van der Waals surface area contributed by atoms with Crippen LogP contribution in [0.25, 0.3) is 10.2 Å². The van der Waals surface area contributed by atoms with E-state index < -0.39 is 0 Å². The van der Waals surface area contributed by atoms with Crippen molar-refractivity contribution in [2.75, 3.05) is 50.8 Å². The minimum absolute atomic E-state index is 0.102. The van der Waals surface area contributed by atoms with Crippen molar-refractivity contribution in [2.24, 2.45) is 5.92 Å². The second-order valence-electron chi connectivity index (χ2n) is 7.38. The Kier molecular flexibility index (Phi) is 5.84. The first kappa shape index (κ1) is 19.9. The van der Waals surface area contributed by atoms with Gasteiger partial charge in [-0.2, -0.15) is 0 Å². The highest BCUT2D eigenvalue weighted by molar-refractivity contribution is 7.22. The lowest BCUT2D eigenvalue weighted by molar-refractivity contribution is -0.137. The summed E-state index contributed by atoms with van der Waals surface area (Å²) in [4.78, 5) is 35.0. The van der Waals surface area contributed by atoms with Crippen LogP contribution in [-0.4, -0.2) is 72.7 Å². The second-order valence-corrected chi connectivity index (χ2v) is 8.39. The molecule has 156 valence electrons. The van der Waals surface area contributed by atoms with E-state index in [0.717, 1.165) is 29.2 Å². The molecule has 0 saturated carbocycles. The zero-order valence-corrected chi connectivity index (χ0v) is 17.3. The van der Waals surface area contributed by atoms with Gasteiger partial charge < -0.3 is 19.4 Å². The number of fused-ring (bicyclic) bond motifs is 1. The highest BCUT2D eigenvalue weighted by atomic mass is 32.1. The van der Waals surface area contributed by atoms with E-state index in [0.29, 0.717) is 44.8 Å². The van der Waals surface area contributed by atoms with E-state index >= 15 is 0 Å². The van der Waals surface area contributed by atoms with Gasteiger partial charge in [0.15, 0.2) is 5.13 Å². The number of ether oxygens (including phenoxy) is 1. The van der Waals surface area contributed by atoms with E-state index in [4.69, 9.17) is 4.74 Å². The summed E-state index contributed by atoms with van der Waals surface area (Å²) in [6, 6.07) is 4.98. The molecule has 0 radical (unpaired) electrons. The molecule has 1 unspecified atom stereocenters. The molecule has 1 aromatic heterocycles. The van der Waals surface area contributed by atoms with Crippen molar-refractivity contribution in [3.63, 3.8) is 0 Å². The Balaban J connectivity index is 1.38. The van der Waals surface area contributed by atoms with Gasteiger partial charge in [-0.25, -0.2) is 14.2 Å². The molecule has 2 fully saturated rings. The highest BCUT2D eigenvalue weighted by Crippen LogP contribution is 2.33. The van der Waals surface area contributed by atoms with Gasteiger partial charge in [0.25, 0.3) is 0 Å². The summed E-state index contributed by atoms with van der Waals surface area (Å²) in [5, 5.41) is 0.773. The first-order valence-electron chi connectivity index (χ1n) is 10.1. The van der Waals surface area contributed by atoms with Crippen LogP contribution in [0.2, 0.25) is 0 Å². The van der Waals surface area contributed by atoms with Gasteiger partial charge in [0.2, 0.25) is 5.91 Å². The number of carbonyl (C=O) groups is 2. The summed E-state index contributed by atoms with van der Waals surface area (Å²) in [7, 11) is 0. The minimum atomic E-state index is -0.313. The average molecular weight is 421 g/mol. The van der Waals surface area contributed by atoms with Crippen molar-refractivity contribution in [1.29, 1.82) is 0 Å². The molecule has 4 rings (SSSR count). The van der Waals surface area contributed by atoms with Gasteiger partial charge >= 0.3 is 6.09 Å². The Morgan fingerprint density at radius 2 is 1.97 bits per heavy atom. The zero-order chi connectivity index (χ0) is 20.4. The van der Waals surface area contributed by atoms with E-state index in [2.05, 4.69) is 9.88 Å². The molecule has 0 N–H and O–H groups in total. The Hall–Kier alpha value is -2.42. The zero-order valence-electron chi connectivity index (χ0n) is 16.5.